The fraction of sp³-hybridized carbons (Fsp3) is 0. The first-order chi connectivity index (χ1) is 5.61. The van der Waals surface area contributed by atoms with Crippen molar-refractivity contribution in [1.82, 2.24) is 0 Å². The summed E-state index contributed by atoms with van der Waals surface area (Å²) >= 11 is 0. The third kappa shape index (κ3) is 3.76. The van der Waals surface area contributed by atoms with Crippen molar-refractivity contribution in [1.29, 1.82) is 0 Å². The molecule has 0 aliphatic rings. The first-order valence-corrected chi connectivity index (χ1v) is 6.01. The van der Waals surface area contributed by atoms with Crippen LogP contribution in [0.15, 0.2) is 30.3 Å². The van der Waals surface area contributed by atoms with E-state index >= 15 is 0 Å². The van der Waals surface area contributed by atoms with Crippen LogP contribution in [-0.4, -0.2) is 38.5 Å². The molecule has 12 heavy (non-hydrogen) atoms. The van der Waals surface area contributed by atoms with E-state index in [-0.39, 0.29) is 5.19 Å². The highest BCUT2D eigenvalue weighted by Gasteiger charge is 2.29. The highest BCUT2D eigenvalue weighted by Crippen LogP contribution is 1.89. The largest absolute Gasteiger partial charge is 0.528 e. The molecule has 0 aromatic heterocycles. The molecule has 1 aromatic rings. The van der Waals surface area contributed by atoms with Crippen LogP contribution in [0.5, 0.6) is 0 Å². The van der Waals surface area contributed by atoms with Crippen molar-refractivity contribution >= 4 is 24.5 Å². The molecule has 0 bridgehead atoms. The monoisotopic (exact) mass is 204 g/mol. The summed E-state index contributed by atoms with van der Waals surface area (Å²) < 4.78 is 0. The Hall–Kier alpha value is -0.506. The molecule has 6 heteroatoms. The van der Waals surface area contributed by atoms with Gasteiger partial charge in [0.15, 0.2) is 0 Å². The van der Waals surface area contributed by atoms with E-state index in [4.69, 9.17) is 19.2 Å². The van der Waals surface area contributed by atoms with Crippen LogP contribution in [-0.2, 0) is 0 Å². The van der Waals surface area contributed by atoms with E-state index in [1.165, 1.54) is 12.1 Å². The van der Waals surface area contributed by atoms with E-state index in [1.807, 2.05) is 0 Å². The minimum Gasteiger partial charge on any atom is -0.442 e. The summed E-state index contributed by atoms with van der Waals surface area (Å²) in [5.41, 5.74) is 0. The van der Waals surface area contributed by atoms with Gasteiger partial charge in [-0.15, -0.1) is 0 Å². The van der Waals surface area contributed by atoms with Gasteiger partial charge in [-0.1, -0.05) is 30.3 Å². The molecule has 0 heterocycles. The highest BCUT2D eigenvalue weighted by atomic mass is 28.4. The third-order valence-corrected chi connectivity index (χ3v) is 2.27. The standard InChI is InChI=1S/C6H8O3Si.H4OSi/c7-10(8,9)6-4-2-1-3-5-6;1-2/h1-5,7-9H;1H,2H3. The van der Waals surface area contributed by atoms with Crippen molar-refractivity contribution in [3.63, 3.8) is 0 Å². The van der Waals surface area contributed by atoms with Crippen molar-refractivity contribution in [2.75, 3.05) is 0 Å². The lowest BCUT2D eigenvalue weighted by atomic mass is 10.4. The first kappa shape index (κ1) is 11.5. The maximum Gasteiger partial charge on any atom is 0.528 e. The molecule has 0 amide bonds. The van der Waals surface area contributed by atoms with Gasteiger partial charge in [-0.3, -0.25) is 0 Å². The Kier molecular flexibility index (Phi) is 4.98. The molecule has 0 atom stereocenters. The van der Waals surface area contributed by atoms with Gasteiger partial charge in [0.2, 0.25) is 0 Å². The smallest absolute Gasteiger partial charge is 0.442 e. The van der Waals surface area contributed by atoms with Gasteiger partial charge in [0.05, 0.1) is 0 Å². The first-order valence-electron chi connectivity index (χ1n) is 3.28. The fourth-order valence-corrected chi connectivity index (χ4v) is 1.30. The second-order valence-electron chi connectivity index (χ2n) is 2.00. The maximum atomic E-state index is 8.74. The average Bonchev–Trinajstić information content (AvgIpc) is 2.08. The van der Waals surface area contributed by atoms with E-state index in [1.54, 1.807) is 18.2 Å². The molecule has 0 saturated heterocycles. The van der Waals surface area contributed by atoms with Gasteiger partial charge >= 0.3 is 8.80 Å². The molecule has 0 aliphatic heterocycles. The van der Waals surface area contributed by atoms with Crippen molar-refractivity contribution in [3.05, 3.63) is 30.3 Å². The lowest BCUT2D eigenvalue weighted by molar-refractivity contribution is 0.250. The van der Waals surface area contributed by atoms with Gasteiger partial charge in [-0.25, -0.2) is 0 Å². The molecule has 1 rings (SSSR count). The second kappa shape index (κ2) is 5.19. The van der Waals surface area contributed by atoms with E-state index in [9.17, 15) is 0 Å². The van der Waals surface area contributed by atoms with Gasteiger partial charge in [0, 0.05) is 5.19 Å². The minimum atomic E-state index is -4.03. The van der Waals surface area contributed by atoms with Crippen molar-refractivity contribution in [2.45, 2.75) is 0 Å². The van der Waals surface area contributed by atoms with Crippen LogP contribution in [0.25, 0.3) is 0 Å². The zero-order chi connectivity index (χ0) is 9.61. The van der Waals surface area contributed by atoms with Crippen LogP contribution in [0.2, 0.25) is 0 Å². The van der Waals surface area contributed by atoms with Crippen molar-refractivity contribution in [3.8, 4) is 0 Å². The van der Waals surface area contributed by atoms with Crippen LogP contribution < -0.4 is 5.19 Å². The Morgan fingerprint density at radius 1 is 0.917 bits per heavy atom. The Bertz CT molecular complexity index is 209. The predicted octanol–water partition coefficient (Wildman–Crippen LogP) is -2.93. The van der Waals surface area contributed by atoms with Crippen molar-refractivity contribution < 1.29 is 19.2 Å². The fourth-order valence-electron chi connectivity index (χ4n) is 0.662. The molecule has 0 spiro atoms. The van der Waals surface area contributed by atoms with Gasteiger partial charge in [0.1, 0.15) is 10.5 Å². The van der Waals surface area contributed by atoms with Gasteiger partial charge < -0.3 is 19.2 Å². The second-order valence-corrected chi connectivity index (χ2v) is 3.85. The van der Waals surface area contributed by atoms with E-state index in [0.717, 1.165) is 0 Å². The van der Waals surface area contributed by atoms with E-state index in [0.29, 0.717) is 10.5 Å². The summed E-state index contributed by atoms with van der Waals surface area (Å²) in [6.07, 6.45) is 0. The van der Waals surface area contributed by atoms with Gasteiger partial charge in [-0.2, -0.15) is 0 Å². The van der Waals surface area contributed by atoms with Crippen LogP contribution in [0.4, 0.5) is 0 Å². The van der Waals surface area contributed by atoms with Gasteiger partial charge in [0.25, 0.3) is 0 Å². The molecule has 0 saturated carbocycles. The Labute approximate surface area is 74.7 Å². The van der Waals surface area contributed by atoms with E-state index in [2.05, 4.69) is 0 Å². The number of hydrogen-bond acceptors (Lipinski definition) is 4. The molecular formula is C6H12O4Si2. The molecule has 4 N–H and O–H groups in total. The van der Waals surface area contributed by atoms with Crippen LogP contribution in [0.1, 0.15) is 0 Å². The Morgan fingerprint density at radius 3 is 1.58 bits per heavy atom. The summed E-state index contributed by atoms with van der Waals surface area (Å²) in [6.45, 7) is 0. The van der Waals surface area contributed by atoms with Crippen molar-refractivity contribution in [2.24, 2.45) is 0 Å². The zero-order valence-electron chi connectivity index (χ0n) is 6.68. The average molecular weight is 204 g/mol. The van der Waals surface area contributed by atoms with E-state index < -0.39 is 8.80 Å². The quantitative estimate of drug-likeness (QED) is 0.369. The molecular weight excluding hydrogens is 192 g/mol. The molecule has 1 aromatic carbocycles. The maximum absolute atomic E-state index is 8.74. The van der Waals surface area contributed by atoms with Crippen LogP contribution in [0.3, 0.4) is 0 Å². The number of rotatable bonds is 1. The summed E-state index contributed by atoms with van der Waals surface area (Å²) in [7, 11) is -3.73. The zero-order valence-corrected chi connectivity index (χ0v) is 9.68. The summed E-state index contributed by atoms with van der Waals surface area (Å²) in [6, 6.07) is 7.97. The molecule has 0 radical (unpaired) electrons. The lowest BCUT2D eigenvalue weighted by Crippen LogP contribution is -2.48. The van der Waals surface area contributed by atoms with Crippen LogP contribution >= 0.6 is 0 Å². The van der Waals surface area contributed by atoms with Crippen LogP contribution in [0, 0.1) is 0 Å². The molecule has 68 valence electrons. The number of hydrogen-bond donors (Lipinski definition) is 4. The summed E-state index contributed by atoms with van der Waals surface area (Å²) in [5.74, 6) is 0. The third-order valence-electron chi connectivity index (χ3n) is 1.16. The molecule has 0 fully saturated rings. The topological polar surface area (TPSA) is 80.9 Å². The molecule has 0 aliphatic carbocycles. The normalized spacial score (nSPS) is 10.3. The lowest BCUT2D eigenvalue weighted by Gasteiger charge is -2.07. The predicted molar refractivity (Wildman–Crippen MR) is 50.6 cm³/mol. The summed E-state index contributed by atoms with van der Waals surface area (Å²) in [5, 5.41) is 0.204. The Morgan fingerprint density at radius 2 is 1.33 bits per heavy atom. The summed E-state index contributed by atoms with van der Waals surface area (Å²) in [4.78, 5) is 33.4. The highest BCUT2D eigenvalue weighted by molar-refractivity contribution is 6.71. The molecule has 4 nitrogen and oxygen atoms in total. The number of benzene rings is 1. The minimum absolute atomic E-state index is 0.204. The SMILES string of the molecule is O[SiH3].O[Si](O)(O)c1ccccc1. The molecule has 0 unspecified atom stereocenters. The van der Waals surface area contributed by atoms with Gasteiger partial charge in [-0.05, 0) is 0 Å². The Balaban J connectivity index is 0.000000561.